The molecule has 0 saturated carbocycles. The van der Waals surface area contributed by atoms with E-state index in [2.05, 4.69) is 5.32 Å². The van der Waals surface area contributed by atoms with Crippen molar-refractivity contribution in [3.8, 4) is 0 Å². The molecule has 2 rings (SSSR count). The number of halogens is 2. The molecule has 1 N–H and O–H groups in total. The summed E-state index contributed by atoms with van der Waals surface area (Å²) < 4.78 is 13.1. The van der Waals surface area contributed by atoms with E-state index < -0.39 is 10.8 Å². The zero-order chi connectivity index (χ0) is 18.6. The summed E-state index contributed by atoms with van der Waals surface area (Å²) in [6.45, 7) is 0.269. The lowest BCUT2D eigenvalue weighted by Crippen LogP contribution is -2.34. The number of nitro benzene ring substituents is 1. The number of carbonyl (C=O) groups excluding carboxylic acids is 1. The lowest BCUT2D eigenvalue weighted by atomic mass is 10.1. The van der Waals surface area contributed by atoms with Crippen LogP contribution in [-0.4, -0.2) is 36.4 Å². The summed E-state index contributed by atoms with van der Waals surface area (Å²) in [5.74, 6) is -0.767. The third kappa shape index (κ3) is 4.74. The van der Waals surface area contributed by atoms with Crippen molar-refractivity contribution in [2.75, 3.05) is 20.6 Å². The summed E-state index contributed by atoms with van der Waals surface area (Å²) in [5, 5.41) is 13.5. The zero-order valence-electron chi connectivity index (χ0n) is 13.7. The van der Waals surface area contributed by atoms with E-state index in [1.807, 2.05) is 19.0 Å². The number of likely N-dealkylation sites (N-methyl/N-ethyl adjacent to an activating group) is 1. The summed E-state index contributed by atoms with van der Waals surface area (Å²) in [7, 11) is 3.69. The van der Waals surface area contributed by atoms with Gasteiger partial charge in [0.15, 0.2) is 0 Å². The van der Waals surface area contributed by atoms with Gasteiger partial charge in [0.25, 0.3) is 11.6 Å². The molecule has 0 fully saturated rings. The summed E-state index contributed by atoms with van der Waals surface area (Å²) in [6, 6.07) is 9.56. The number of nitro groups is 1. The minimum absolute atomic E-state index is 0.00915. The summed E-state index contributed by atoms with van der Waals surface area (Å²) in [4.78, 5) is 24.3. The maximum Gasteiger partial charge on any atom is 0.270 e. The van der Waals surface area contributed by atoms with Gasteiger partial charge in [-0.25, -0.2) is 4.39 Å². The SMILES string of the molecule is CN(C)[C@@H](CNC(=O)c1ccc([N+](=O)[O-])cc1Cl)c1ccc(F)cc1. The van der Waals surface area contributed by atoms with Gasteiger partial charge in [0.2, 0.25) is 0 Å². The summed E-state index contributed by atoms with van der Waals surface area (Å²) in [6.07, 6.45) is 0. The van der Waals surface area contributed by atoms with Gasteiger partial charge in [0.05, 0.1) is 21.6 Å². The highest BCUT2D eigenvalue weighted by Gasteiger charge is 2.18. The van der Waals surface area contributed by atoms with Crippen molar-refractivity contribution in [2.24, 2.45) is 0 Å². The second kappa shape index (κ2) is 8.04. The van der Waals surface area contributed by atoms with Crippen LogP contribution in [0.1, 0.15) is 22.0 Å². The van der Waals surface area contributed by atoms with E-state index in [9.17, 15) is 19.3 Å². The molecule has 0 saturated heterocycles. The molecule has 0 aliphatic carbocycles. The Morgan fingerprint density at radius 1 is 1.28 bits per heavy atom. The number of benzene rings is 2. The van der Waals surface area contributed by atoms with Gasteiger partial charge in [0.1, 0.15) is 5.82 Å². The molecular formula is C17H17ClFN3O3. The summed E-state index contributed by atoms with van der Waals surface area (Å²) in [5.41, 5.74) is 0.824. The average Bonchev–Trinajstić information content (AvgIpc) is 2.55. The quantitative estimate of drug-likeness (QED) is 0.628. The van der Waals surface area contributed by atoms with Crippen LogP contribution in [0.15, 0.2) is 42.5 Å². The molecule has 6 nitrogen and oxygen atoms in total. The van der Waals surface area contributed by atoms with Gasteiger partial charge in [0, 0.05) is 18.7 Å². The Balaban J connectivity index is 2.11. The Morgan fingerprint density at radius 3 is 2.44 bits per heavy atom. The van der Waals surface area contributed by atoms with Crippen LogP contribution in [0.2, 0.25) is 5.02 Å². The highest BCUT2D eigenvalue weighted by molar-refractivity contribution is 6.34. The third-order valence-corrected chi connectivity index (χ3v) is 4.05. The molecule has 0 spiro atoms. The van der Waals surface area contributed by atoms with Crippen molar-refractivity contribution in [3.63, 3.8) is 0 Å². The molecule has 0 radical (unpaired) electrons. The Kier molecular flexibility index (Phi) is 6.06. The van der Waals surface area contributed by atoms with Crippen molar-refractivity contribution < 1.29 is 14.1 Å². The Bertz CT molecular complexity index is 781. The van der Waals surface area contributed by atoms with Crippen molar-refractivity contribution in [1.82, 2.24) is 10.2 Å². The third-order valence-electron chi connectivity index (χ3n) is 3.74. The molecule has 0 bridgehead atoms. The number of amides is 1. The van der Waals surface area contributed by atoms with Gasteiger partial charge < -0.3 is 10.2 Å². The predicted octanol–water partition coefficient (Wildman–Crippen LogP) is 3.42. The lowest BCUT2D eigenvalue weighted by molar-refractivity contribution is -0.384. The largest absolute Gasteiger partial charge is 0.350 e. The topological polar surface area (TPSA) is 75.5 Å². The van der Waals surface area contributed by atoms with Crippen molar-refractivity contribution >= 4 is 23.2 Å². The fourth-order valence-electron chi connectivity index (χ4n) is 2.37. The molecule has 0 aliphatic heterocycles. The Morgan fingerprint density at radius 2 is 1.92 bits per heavy atom. The minimum atomic E-state index is -0.579. The van der Waals surface area contributed by atoms with E-state index in [4.69, 9.17) is 11.6 Å². The second-order valence-electron chi connectivity index (χ2n) is 5.66. The molecule has 1 atom stereocenters. The van der Waals surface area contributed by atoms with Crippen molar-refractivity contribution in [2.45, 2.75) is 6.04 Å². The average molecular weight is 366 g/mol. The fourth-order valence-corrected chi connectivity index (χ4v) is 2.63. The molecule has 132 valence electrons. The first-order chi connectivity index (χ1) is 11.8. The molecule has 2 aromatic carbocycles. The van der Waals surface area contributed by atoms with Gasteiger partial charge in [-0.3, -0.25) is 14.9 Å². The summed E-state index contributed by atoms with van der Waals surface area (Å²) >= 11 is 5.96. The van der Waals surface area contributed by atoms with Crippen LogP contribution in [0.5, 0.6) is 0 Å². The highest BCUT2D eigenvalue weighted by atomic mass is 35.5. The van der Waals surface area contributed by atoms with Crippen molar-refractivity contribution in [3.05, 3.63) is 74.5 Å². The van der Waals surface area contributed by atoms with E-state index in [1.165, 1.54) is 24.3 Å². The van der Waals surface area contributed by atoms with Crippen LogP contribution in [0.3, 0.4) is 0 Å². The van der Waals surface area contributed by atoms with Crippen LogP contribution in [0.25, 0.3) is 0 Å². The molecule has 0 heterocycles. The number of rotatable bonds is 6. The number of nitrogens with zero attached hydrogens (tertiary/aromatic N) is 2. The first-order valence-electron chi connectivity index (χ1n) is 7.43. The first-order valence-corrected chi connectivity index (χ1v) is 7.81. The highest BCUT2D eigenvalue weighted by Crippen LogP contribution is 2.23. The number of hydrogen-bond acceptors (Lipinski definition) is 4. The maximum absolute atomic E-state index is 13.1. The van der Waals surface area contributed by atoms with Crippen molar-refractivity contribution in [1.29, 1.82) is 0 Å². The maximum atomic E-state index is 13.1. The predicted molar refractivity (Wildman–Crippen MR) is 93.3 cm³/mol. The number of carbonyl (C=O) groups is 1. The number of hydrogen-bond donors (Lipinski definition) is 1. The molecular weight excluding hydrogens is 349 g/mol. The number of non-ortho nitro benzene ring substituents is 1. The Labute approximate surface area is 149 Å². The van der Waals surface area contributed by atoms with Crippen LogP contribution >= 0.6 is 11.6 Å². The van der Waals surface area contributed by atoms with Crippen LogP contribution in [-0.2, 0) is 0 Å². The van der Waals surface area contributed by atoms with Gasteiger partial charge in [-0.1, -0.05) is 23.7 Å². The molecule has 1 amide bonds. The van der Waals surface area contributed by atoms with Crippen LogP contribution in [0, 0.1) is 15.9 Å². The number of nitrogens with one attached hydrogen (secondary N) is 1. The van der Waals surface area contributed by atoms with Crippen LogP contribution in [0.4, 0.5) is 10.1 Å². The first kappa shape index (κ1) is 18.8. The van der Waals surface area contributed by atoms with Crippen LogP contribution < -0.4 is 5.32 Å². The molecule has 0 unspecified atom stereocenters. The van der Waals surface area contributed by atoms with Gasteiger partial charge in [-0.2, -0.15) is 0 Å². The normalized spacial score (nSPS) is 12.0. The lowest BCUT2D eigenvalue weighted by Gasteiger charge is -2.25. The van der Waals surface area contributed by atoms with Gasteiger partial charge in [-0.05, 0) is 37.9 Å². The second-order valence-corrected chi connectivity index (χ2v) is 6.07. The smallest absolute Gasteiger partial charge is 0.270 e. The van der Waals surface area contributed by atoms with E-state index in [0.717, 1.165) is 11.6 Å². The van der Waals surface area contributed by atoms with E-state index in [0.29, 0.717) is 0 Å². The van der Waals surface area contributed by atoms with Gasteiger partial charge >= 0.3 is 0 Å². The monoisotopic (exact) mass is 365 g/mol. The molecule has 0 aromatic heterocycles. The standard InChI is InChI=1S/C17H17ClFN3O3/c1-21(2)16(11-3-5-12(19)6-4-11)10-20-17(23)14-8-7-13(22(24)25)9-15(14)18/h3-9,16H,10H2,1-2H3,(H,20,23)/t16-/m0/s1. The minimum Gasteiger partial charge on any atom is -0.350 e. The van der Waals surface area contributed by atoms with E-state index >= 15 is 0 Å². The van der Waals surface area contributed by atoms with E-state index in [-0.39, 0.29) is 34.7 Å². The van der Waals surface area contributed by atoms with Gasteiger partial charge in [-0.15, -0.1) is 0 Å². The van der Waals surface area contributed by atoms with E-state index in [1.54, 1.807) is 12.1 Å². The zero-order valence-corrected chi connectivity index (χ0v) is 14.5. The molecule has 8 heteroatoms. The fraction of sp³-hybridized carbons (Fsp3) is 0.235. The molecule has 25 heavy (non-hydrogen) atoms. The Hall–Kier alpha value is -2.51. The molecule has 2 aromatic rings. The molecule has 0 aliphatic rings.